The number of guanidine groups is 1. The minimum Gasteiger partial charge on any atom is -0.357 e. The Kier molecular flexibility index (Phi) is 9.77. The van der Waals surface area contributed by atoms with Gasteiger partial charge in [-0.2, -0.15) is 0 Å². The van der Waals surface area contributed by atoms with Gasteiger partial charge in [-0.15, -0.1) is 24.0 Å². The molecule has 2 aliphatic rings. The monoisotopic (exact) mass is 519 g/mol. The van der Waals surface area contributed by atoms with Gasteiger partial charge in [0, 0.05) is 44.3 Å². The van der Waals surface area contributed by atoms with Crippen LogP contribution in [-0.4, -0.2) is 54.0 Å². The van der Waals surface area contributed by atoms with Gasteiger partial charge in [-0.05, 0) is 44.2 Å². The molecule has 2 fully saturated rings. The zero-order chi connectivity index (χ0) is 19.1. The van der Waals surface area contributed by atoms with Crippen LogP contribution in [0.15, 0.2) is 23.3 Å². The number of rotatable bonds is 6. The van der Waals surface area contributed by atoms with Gasteiger partial charge in [0.15, 0.2) is 5.96 Å². The van der Waals surface area contributed by atoms with Crippen LogP contribution in [0.2, 0.25) is 5.15 Å². The van der Waals surface area contributed by atoms with Crippen molar-refractivity contribution in [1.82, 2.24) is 20.5 Å². The maximum Gasteiger partial charge on any atom is 0.225 e. The number of aliphatic imine (C=N–C) groups is 1. The van der Waals surface area contributed by atoms with E-state index in [1.807, 2.05) is 11.0 Å². The number of amides is 1. The van der Waals surface area contributed by atoms with Crippen molar-refractivity contribution in [3.8, 4) is 0 Å². The quantitative estimate of drug-likeness (QED) is 0.262. The zero-order valence-electron chi connectivity index (χ0n) is 16.5. The second-order valence-corrected chi connectivity index (χ2v) is 7.78. The molecule has 156 valence electrons. The van der Waals surface area contributed by atoms with Crippen molar-refractivity contribution in [3.05, 3.63) is 29.0 Å². The third-order valence-electron chi connectivity index (χ3n) is 5.35. The molecule has 1 saturated heterocycles. The normalized spacial score (nSPS) is 20.1. The fourth-order valence-corrected chi connectivity index (χ4v) is 3.99. The maximum atomic E-state index is 12.6. The summed E-state index contributed by atoms with van der Waals surface area (Å²) in [5.74, 6) is 1.44. The minimum atomic E-state index is 0. The predicted molar refractivity (Wildman–Crippen MR) is 124 cm³/mol. The minimum absolute atomic E-state index is 0. The van der Waals surface area contributed by atoms with Gasteiger partial charge in [0.05, 0.1) is 0 Å². The van der Waals surface area contributed by atoms with E-state index in [0.29, 0.717) is 17.6 Å². The SMILES string of the molecule is CCNC(=NCCc1ccc(Cl)nc1)NC1CCN(C(=O)C2CCCC2)C1.I. The summed E-state index contributed by atoms with van der Waals surface area (Å²) >= 11 is 5.82. The number of carbonyl (C=O) groups excluding carboxylic acids is 1. The summed E-state index contributed by atoms with van der Waals surface area (Å²) < 4.78 is 0. The lowest BCUT2D eigenvalue weighted by atomic mass is 10.1. The number of halogens is 2. The number of nitrogens with zero attached hydrogens (tertiary/aromatic N) is 3. The molecule has 1 aromatic heterocycles. The molecule has 1 aliphatic heterocycles. The molecule has 0 bridgehead atoms. The molecular formula is C20H31ClIN5O. The summed E-state index contributed by atoms with van der Waals surface area (Å²) in [6, 6.07) is 4.05. The summed E-state index contributed by atoms with van der Waals surface area (Å²) in [6.45, 7) is 5.18. The van der Waals surface area contributed by atoms with E-state index >= 15 is 0 Å². The molecule has 1 saturated carbocycles. The Hall–Kier alpha value is -1.09. The zero-order valence-corrected chi connectivity index (χ0v) is 19.6. The Bertz CT molecular complexity index is 649. The molecule has 0 radical (unpaired) electrons. The molecule has 28 heavy (non-hydrogen) atoms. The highest BCUT2D eigenvalue weighted by atomic mass is 127. The molecule has 2 N–H and O–H groups in total. The van der Waals surface area contributed by atoms with Gasteiger partial charge in [-0.3, -0.25) is 9.79 Å². The summed E-state index contributed by atoms with van der Waals surface area (Å²) in [5.41, 5.74) is 1.12. The van der Waals surface area contributed by atoms with E-state index in [4.69, 9.17) is 11.6 Å². The summed E-state index contributed by atoms with van der Waals surface area (Å²) in [5, 5.41) is 7.31. The van der Waals surface area contributed by atoms with Crippen LogP contribution >= 0.6 is 35.6 Å². The number of aromatic nitrogens is 1. The molecule has 6 nitrogen and oxygen atoms in total. The number of likely N-dealkylation sites (tertiary alicyclic amines) is 1. The van der Waals surface area contributed by atoms with Crippen LogP contribution in [0.4, 0.5) is 0 Å². The Morgan fingerprint density at radius 2 is 2.11 bits per heavy atom. The average Bonchev–Trinajstić information content (AvgIpc) is 3.35. The summed E-state index contributed by atoms with van der Waals surface area (Å²) in [7, 11) is 0. The van der Waals surface area contributed by atoms with Crippen LogP contribution in [-0.2, 0) is 11.2 Å². The summed E-state index contributed by atoms with van der Waals surface area (Å²) in [4.78, 5) is 23.4. The van der Waals surface area contributed by atoms with Crippen molar-refractivity contribution in [2.45, 2.75) is 51.5 Å². The van der Waals surface area contributed by atoms with Crippen LogP contribution in [0.1, 0.15) is 44.6 Å². The van der Waals surface area contributed by atoms with Gasteiger partial charge < -0.3 is 15.5 Å². The van der Waals surface area contributed by atoms with Gasteiger partial charge in [-0.25, -0.2) is 4.98 Å². The van der Waals surface area contributed by atoms with Gasteiger partial charge in [0.25, 0.3) is 0 Å². The lowest BCUT2D eigenvalue weighted by Gasteiger charge is -2.21. The Balaban J connectivity index is 0.00000280. The van der Waals surface area contributed by atoms with Crippen molar-refractivity contribution in [2.24, 2.45) is 10.9 Å². The number of hydrogen-bond acceptors (Lipinski definition) is 3. The molecular weight excluding hydrogens is 489 g/mol. The summed E-state index contributed by atoms with van der Waals surface area (Å²) in [6.07, 6.45) is 8.12. The molecule has 1 atom stereocenters. The van der Waals surface area contributed by atoms with Crippen molar-refractivity contribution in [3.63, 3.8) is 0 Å². The lowest BCUT2D eigenvalue weighted by Crippen LogP contribution is -2.45. The average molecular weight is 520 g/mol. The van der Waals surface area contributed by atoms with Crippen LogP contribution in [0.5, 0.6) is 0 Å². The second-order valence-electron chi connectivity index (χ2n) is 7.40. The van der Waals surface area contributed by atoms with Crippen LogP contribution in [0, 0.1) is 5.92 Å². The van der Waals surface area contributed by atoms with Crippen molar-refractivity contribution >= 4 is 47.4 Å². The third-order valence-corrected chi connectivity index (χ3v) is 5.57. The Labute approximate surface area is 189 Å². The highest BCUT2D eigenvalue weighted by Gasteiger charge is 2.32. The molecule has 3 rings (SSSR count). The van der Waals surface area contributed by atoms with Gasteiger partial charge in [0.2, 0.25) is 5.91 Å². The maximum absolute atomic E-state index is 12.6. The lowest BCUT2D eigenvalue weighted by molar-refractivity contribution is -0.134. The first kappa shape index (κ1) is 23.2. The smallest absolute Gasteiger partial charge is 0.225 e. The van der Waals surface area contributed by atoms with E-state index in [0.717, 1.165) is 56.8 Å². The predicted octanol–water partition coefficient (Wildman–Crippen LogP) is 3.24. The molecule has 1 aliphatic carbocycles. The molecule has 0 spiro atoms. The Morgan fingerprint density at radius 3 is 2.79 bits per heavy atom. The van der Waals surface area contributed by atoms with Gasteiger partial charge >= 0.3 is 0 Å². The van der Waals surface area contributed by atoms with E-state index in [-0.39, 0.29) is 35.9 Å². The van der Waals surface area contributed by atoms with Crippen LogP contribution in [0.25, 0.3) is 0 Å². The van der Waals surface area contributed by atoms with Gasteiger partial charge in [0.1, 0.15) is 5.15 Å². The number of hydrogen-bond donors (Lipinski definition) is 2. The molecule has 0 aromatic carbocycles. The number of pyridine rings is 1. The van der Waals surface area contributed by atoms with E-state index in [1.165, 1.54) is 12.8 Å². The number of carbonyl (C=O) groups is 1. The first-order chi connectivity index (χ1) is 13.2. The largest absolute Gasteiger partial charge is 0.357 e. The van der Waals surface area contributed by atoms with Crippen molar-refractivity contribution in [1.29, 1.82) is 0 Å². The molecule has 1 amide bonds. The van der Waals surface area contributed by atoms with E-state index in [1.54, 1.807) is 12.3 Å². The second kappa shape index (κ2) is 11.8. The fraction of sp³-hybridized carbons (Fsp3) is 0.650. The Morgan fingerprint density at radius 1 is 1.32 bits per heavy atom. The van der Waals surface area contributed by atoms with Crippen LogP contribution in [0.3, 0.4) is 0 Å². The topological polar surface area (TPSA) is 69.6 Å². The molecule has 1 unspecified atom stereocenters. The molecule has 1 aromatic rings. The van der Waals surface area contributed by atoms with E-state index < -0.39 is 0 Å². The fourth-order valence-electron chi connectivity index (χ4n) is 3.87. The van der Waals surface area contributed by atoms with Crippen LogP contribution < -0.4 is 10.6 Å². The highest BCUT2D eigenvalue weighted by molar-refractivity contribution is 14.0. The van der Waals surface area contributed by atoms with Crippen molar-refractivity contribution in [2.75, 3.05) is 26.2 Å². The highest BCUT2D eigenvalue weighted by Crippen LogP contribution is 2.27. The first-order valence-electron chi connectivity index (χ1n) is 10.1. The number of nitrogens with one attached hydrogen (secondary N) is 2. The van der Waals surface area contributed by atoms with Gasteiger partial charge in [-0.1, -0.05) is 30.5 Å². The molecule has 8 heteroatoms. The third kappa shape index (κ3) is 6.76. The first-order valence-corrected chi connectivity index (χ1v) is 10.5. The standard InChI is InChI=1S/C20H30ClN5O.HI/c1-2-22-20(23-11-9-15-7-8-18(21)24-13-15)25-17-10-12-26(14-17)19(27)16-5-3-4-6-16;/h7-8,13,16-17H,2-6,9-12,14H2,1H3,(H2,22,23,25);1H. The van der Waals surface area contributed by atoms with Crippen molar-refractivity contribution < 1.29 is 4.79 Å². The molecule has 2 heterocycles. The van der Waals surface area contributed by atoms with E-state index in [9.17, 15) is 4.79 Å². The van der Waals surface area contributed by atoms with E-state index in [2.05, 4.69) is 27.5 Å².